The van der Waals surface area contributed by atoms with Gasteiger partial charge in [0.1, 0.15) is 0 Å². The van der Waals surface area contributed by atoms with E-state index in [0.29, 0.717) is 12.6 Å². The minimum atomic E-state index is 0.297. The highest BCUT2D eigenvalue weighted by Crippen LogP contribution is 2.27. The van der Waals surface area contributed by atoms with E-state index in [1.807, 2.05) is 6.92 Å². The lowest BCUT2D eigenvalue weighted by Crippen LogP contribution is -2.45. The molecule has 0 aliphatic carbocycles. The summed E-state index contributed by atoms with van der Waals surface area (Å²) < 4.78 is 0. The number of hydrogen-bond donors (Lipinski definition) is 1. The van der Waals surface area contributed by atoms with Gasteiger partial charge in [0.2, 0.25) is 0 Å². The Morgan fingerprint density at radius 3 is 2.68 bits per heavy atom. The Kier molecular flexibility index (Phi) is 3.17. The topological polar surface area (TPSA) is 55.0 Å². The van der Waals surface area contributed by atoms with Crippen molar-refractivity contribution in [2.24, 2.45) is 5.73 Å². The number of rotatable bonds is 2. The number of benzene rings is 1. The number of fused-ring (bicyclic) bond motifs is 1. The zero-order valence-corrected chi connectivity index (χ0v) is 11.1. The molecule has 1 aliphatic heterocycles. The first-order chi connectivity index (χ1) is 9.29. The quantitative estimate of drug-likeness (QED) is 0.886. The average molecular weight is 254 g/mol. The Bertz CT molecular complexity index is 582. The summed E-state index contributed by atoms with van der Waals surface area (Å²) in [7, 11) is 0. The van der Waals surface area contributed by atoms with E-state index in [4.69, 9.17) is 5.73 Å². The van der Waals surface area contributed by atoms with E-state index < -0.39 is 0 Å². The third kappa shape index (κ3) is 2.19. The molecule has 2 heterocycles. The molecule has 1 atom stereocenters. The SMILES string of the molecule is Cc1nccnc1N1Cc2ccccc2CC1CN. The second kappa shape index (κ2) is 4.97. The van der Waals surface area contributed by atoms with E-state index in [0.717, 1.165) is 24.5 Å². The van der Waals surface area contributed by atoms with E-state index in [1.165, 1.54) is 11.1 Å². The maximum Gasteiger partial charge on any atom is 0.150 e. The maximum absolute atomic E-state index is 5.95. The van der Waals surface area contributed by atoms with E-state index in [2.05, 4.69) is 39.1 Å². The van der Waals surface area contributed by atoms with Crippen molar-refractivity contribution in [3.05, 3.63) is 53.5 Å². The van der Waals surface area contributed by atoms with Gasteiger partial charge >= 0.3 is 0 Å². The van der Waals surface area contributed by atoms with Crippen LogP contribution < -0.4 is 10.6 Å². The van der Waals surface area contributed by atoms with Gasteiger partial charge in [-0.2, -0.15) is 0 Å². The van der Waals surface area contributed by atoms with E-state index in [-0.39, 0.29) is 0 Å². The number of hydrogen-bond acceptors (Lipinski definition) is 4. The molecule has 0 bridgehead atoms. The van der Waals surface area contributed by atoms with Gasteiger partial charge in [0.05, 0.1) is 5.69 Å². The molecule has 19 heavy (non-hydrogen) atoms. The van der Waals surface area contributed by atoms with Crippen LogP contribution in [0.2, 0.25) is 0 Å². The zero-order chi connectivity index (χ0) is 13.2. The number of aromatic nitrogens is 2. The second-order valence-corrected chi connectivity index (χ2v) is 4.96. The minimum Gasteiger partial charge on any atom is -0.346 e. The van der Waals surface area contributed by atoms with Crippen LogP contribution in [0.15, 0.2) is 36.7 Å². The van der Waals surface area contributed by atoms with Gasteiger partial charge in [-0.1, -0.05) is 24.3 Å². The Labute approximate surface area is 113 Å². The molecule has 0 amide bonds. The summed E-state index contributed by atoms with van der Waals surface area (Å²) in [5, 5.41) is 0. The van der Waals surface area contributed by atoms with Crippen LogP contribution in [0.3, 0.4) is 0 Å². The molecule has 4 heteroatoms. The third-order valence-corrected chi connectivity index (χ3v) is 3.75. The van der Waals surface area contributed by atoms with E-state index >= 15 is 0 Å². The first-order valence-electron chi connectivity index (χ1n) is 6.60. The summed E-state index contributed by atoms with van der Waals surface area (Å²) in [5.41, 5.74) is 9.66. The van der Waals surface area contributed by atoms with Gasteiger partial charge in [-0.05, 0) is 24.5 Å². The summed E-state index contributed by atoms with van der Waals surface area (Å²) in [6.07, 6.45) is 4.45. The van der Waals surface area contributed by atoms with Crippen LogP contribution in [0.4, 0.5) is 5.82 Å². The predicted molar refractivity (Wildman–Crippen MR) is 75.9 cm³/mol. The van der Waals surface area contributed by atoms with Crippen molar-refractivity contribution >= 4 is 5.82 Å². The summed E-state index contributed by atoms with van der Waals surface area (Å²) in [6, 6.07) is 8.85. The van der Waals surface area contributed by atoms with Crippen LogP contribution in [0.25, 0.3) is 0 Å². The lowest BCUT2D eigenvalue weighted by atomic mass is 9.94. The van der Waals surface area contributed by atoms with Gasteiger partial charge in [0.15, 0.2) is 5.82 Å². The molecule has 2 aromatic rings. The molecule has 1 aromatic heterocycles. The molecule has 0 saturated carbocycles. The molecule has 98 valence electrons. The summed E-state index contributed by atoms with van der Waals surface area (Å²) in [4.78, 5) is 11.1. The van der Waals surface area contributed by atoms with Gasteiger partial charge in [0, 0.05) is 31.5 Å². The number of nitrogens with zero attached hydrogens (tertiary/aromatic N) is 3. The van der Waals surface area contributed by atoms with Gasteiger partial charge in [-0.15, -0.1) is 0 Å². The largest absolute Gasteiger partial charge is 0.346 e. The fraction of sp³-hybridized carbons (Fsp3) is 0.333. The van der Waals surface area contributed by atoms with Crippen LogP contribution >= 0.6 is 0 Å². The molecule has 4 nitrogen and oxygen atoms in total. The second-order valence-electron chi connectivity index (χ2n) is 4.96. The lowest BCUT2D eigenvalue weighted by molar-refractivity contribution is 0.553. The Morgan fingerprint density at radius 1 is 1.21 bits per heavy atom. The molecule has 1 aromatic carbocycles. The average Bonchev–Trinajstić information content (AvgIpc) is 2.46. The van der Waals surface area contributed by atoms with Crippen molar-refractivity contribution in [1.82, 2.24) is 9.97 Å². The van der Waals surface area contributed by atoms with Crippen molar-refractivity contribution in [3.8, 4) is 0 Å². The van der Waals surface area contributed by atoms with Crippen molar-refractivity contribution < 1.29 is 0 Å². The van der Waals surface area contributed by atoms with E-state index in [9.17, 15) is 0 Å². The Balaban J connectivity index is 2.00. The monoisotopic (exact) mass is 254 g/mol. The van der Waals surface area contributed by atoms with Crippen LogP contribution in [0, 0.1) is 6.92 Å². The van der Waals surface area contributed by atoms with Crippen molar-refractivity contribution in [2.45, 2.75) is 25.9 Å². The molecule has 2 N–H and O–H groups in total. The molecular formula is C15H18N4. The Hall–Kier alpha value is -1.94. The predicted octanol–water partition coefficient (Wildman–Crippen LogP) is 1.68. The molecule has 0 fully saturated rings. The van der Waals surface area contributed by atoms with E-state index in [1.54, 1.807) is 12.4 Å². The third-order valence-electron chi connectivity index (χ3n) is 3.75. The highest BCUT2D eigenvalue weighted by molar-refractivity contribution is 5.48. The zero-order valence-electron chi connectivity index (χ0n) is 11.1. The lowest BCUT2D eigenvalue weighted by Gasteiger charge is -2.37. The first-order valence-corrected chi connectivity index (χ1v) is 6.60. The molecule has 0 saturated heterocycles. The first kappa shape index (κ1) is 12.1. The number of nitrogens with two attached hydrogens (primary N) is 1. The standard InChI is InChI=1S/C15H18N4/c1-11-15(18-7-6-17-11)19-10-13-5-3-2-4-12(13)8-14(19)9-16/h2-7,14H,8-10,16H2,1H3. The molecule has 1 aliphatic rings. The highest BCUT2D eigenvalue weighted by atomic mass is 15.2. The molecular weight excluding hydrogens is 236 g/mol. The minimum absolute atomic E-state index is 0.297. The van der Waals surface area contributed by atoms with Crippen LogP contribution in [-0.4, -0.2) is 22.6 Å². The van der Waals surface area contributed by atoms with Crippen LogP contribution in [0.5, 0.6) is 0 Å². The van der Waals surface area contributed by atoms with Crippen LogP contribution in [0.1, 0.15) is 16.8 Å². The van der Waals surface area contributed by atoms with Gasteiger partial charge < -0.3 is 10.6 Å². The number of anilines is 1. The number of aryl methyl sites for hydroxylation is 1. The van der Waals surface area contributed by atoms with Gasteiger partial charge in [-0.25, -0.2) is 4.98 Å². The van der Waals surface area contributed by atoms with Crippen molar-refractivity contribution in [1.29, 1.82) is 0 Å². The molecule has 3 rings (SSSR count). The highest BCUT2D eigenvalue weighted by Gasteiger charge is 2.26. The van der Waals surface area contributed by atoms with Crippen molar-refractivity contribution in [3.63, 3.8) is 0 Å². The summed E-state index contributed by atoms with van der Waals surface area (Å²) in [6.45, 7) is 3.48. The van der Waals surface area contributed by atoms with Crippen LogP contribution in [-0.2, 0) is 13.0 Å². The normalized spacial score (nSPS) is 18.2. The van der Waals surface area contributed by atoms with Gasteiger partial charge in [0.25, 0.3) is 0 Å². The molecule has 1 unspecified atom stereocenters. The van der Waals surface area contributed by atoms with Gasteiger partial charge in [-0.3, -0.25) is 4.98 Å². The smallest absolute Gasteiger partial charge is 0.150 e. The van der Waals surface area contributed by atoms with Crippen molar-refractivity contribution in [2.75, 3.05) is 11.4 Å². The summed E-state index contributed by atoms with van der Waals surface area (Å²) >= 11 is 0. The fourth-order valence-electron chi connectivity index (χ4n) is 2.73. The maximum atomic E-state index is 5.95. The Morgan fingerprint density at radius 2 is 1.95 bits per heavy atom. The molecule has 0 spiro atoms. The molecule has 0 radical (unpaired) electrons. The summed E-state index contributed by atoms with van der Waals surface area (Å²) in [5.74, 6) is 0.951. The fourth-order valence-corrected chi connectivity index (χ4v) is 2.73.